The van der Waals surface area contributed by atoms with Gasteiger partial charge in [0, 0.05) is 12.4 Å². The first-order valence-corrected chi connectivity index (χ1v) is 11.2. The third-order valence-corrected chi connectivity index (χ3v) is 6.36. The molecule has 1 aliphatic carbocycles. The number of ether oxygens (including phenoxy) is 1. The summed E-state index contributed by atoms with van der Waals surface area (Å²) in [4.78, 5) is 11.9. The van der Waals surface area contributed by atoms with Crippen LogP contribution in [0.5, 0.6) is 11.6 Å². The largest absolute Gasteiger partial charge is 0.435 e. The minimum atomic E-state index is -3.79. The molecule has 3 aromatic rings. The third kappa shape index (κ3) is 4.71. The zero-order valence-electron chi connectivity index (χ0n) is 16.3. The summed E-state index contributed by atoms with van der Waals surface area (Å²) in [5.74, 6) is -3.24. The molecule has 0 unspecified atom stereocenters. The Bertz CT molecular complexity index is 1220. The molecule has 2 aromatic heterocycles. The van der Waals surface area contributed by atoms with Crippen molar-refractivity contribution in [2.24, 2.45) is 5.92 Å². The van der Waals surface area contributed by atoms with Crippen LogP contribution in [0.4, 0.5) is 20.4 Å². The van der Waals surface area contributed by atoms with Crippen LogP contribution in [-0.2, 0) is 10.0 Å². The second-order valence-electron chi connectivity index (χ2n) is 7.18. The van der Waals surface area contributed by atoms with Crippen molar-refractivity contribution in [3.63, 3.8) is 0 Å². The van der Waals surface area contributed by atoms with E-state index in [1.165, 1.54) is 12.4 Å². The summed E-state index contributed by atoms with van der Waals surface area (Å²) in [6.07, 6.45) is 5.47. The Labute approximate surface area is 177 Å². The Morgan fingerprint density at radius 3 is 2.61 bits per heavy atom. The number of benzene rings is 1. The molecule has 1 saturated carbocycles. The van der Waals surface area contributed by atoms with Gasteiger partial charge in [-0.15, -0.1) is 0 Å². The Balaban J connectivity index is 1.59. The highest BCUT2D eigenvalue weighted by Crippen LogP contribution is 2.34. The molecular formula is C20H19F2N5O3S. The standard InChI is InChI=1S/C20H19F2N5O3S/c21-17-15(27-31(28,29)11-12-3-1-4-12)6-7-16(18(17)22)30-19-13(5-2-9-24-19)14-8-10-25-20(23)26-14/h2,5-10,12,27H,1,3-4,11H2,(H2,23,25,26). The number of nitrogens with zero attached hydrogens (tertiary/aromatic N) is 3. The molecule has 1 fully saturated rings. The van der Waals surface area contributed by atoms with Crippen molar-refractivity contribution in [3.05, 3.63) is 54.4 Å². The number of hydrogen-bond donors (Lipinski definition) is 2. The number of halogens is 2. The fraction of sp³-hybridized carbons (Fsp3) is 0.250. The zero-order valence-corrected chi connectivity index (χ0v) is 17.1. The monoisotopic (exact) mass is 447 g/mol. The van der Waals surface area contributed by atoms with Gasteiger partial charge in [0.05, 0.1) is 22.7 Å². The molecule has 8 nitrogen and oxygen atoms in total. The van der Waals surface area contributed by atoms with Gasteiger partial charge in [0.1, 0.15) is 0 Å². The zero-order chi connectivity index (χ0) is 22.0. The molecule has 3 N–H and O–H groups in total. The molecule has 162 valence electrons. The summed E-state index contributed by atoms with van der Waals surface area (Å²) in [5.41, 5.74) is 5.90. The molecule has 4 rings (SSSR count). The number of nitrogen functional groups attached to an aromatic ring is 1. The van der Waals surface area contributed by atoms with Crippen LogP contribution in [-0.4, -0.2) is 29.1 Å². The van der Waals surface area contributed by atoms with Crippen molar-refractivity contribution >= 4 is 21.7 Å². The number of sulfonamides is 1. The van der Waals surface area contributed by atoms with E-state index < -0.39 is 33.1 Å². The van der Waals surface area contributed by atoms with E-state index in [1.54, 1.807) is 18.2 Å². The first-order chi connectivity index (χ1) is 14.8. The molecule has 0 aliphatic heterocycles. The van der Waals surface area contributed by atoms with Gasteiger partial charge in [-0.05, 0) is 49.1 Å². The molecule has 0 saturated heterocycles. The highest BCUT2D eigenvalue weighted by Gasteiger charge is 2.26. The Morgan fingerprint density at radius 2 is 1.90 bits per heavy atom. The molecular weight excluding hydrogens is 428 g/mol. The summed E-state index contributed by atoms with van der Waals surface area (Å²) in [5, 5.41) is 0. The number of aromatic nitrogens is 3. The lowest BCUT2D eigenvalue weighted by Crippen LogP contribution is -2.27. The van der Waals surface area contributed by atoms with E-state index in [4.69, 9.17) is 10.5 Å². The first-order valence-electron chi connectivity index (χ1n) is 9.52. The Kier molecular flexibility index (Phi) is 5.68. The summed E-state index contributed by atoms with van der Waals surface area (Å²) in [7, 11) is -3.79. The lowest BCUT2D eigenvalue weighted by atomic mass is 9.87. The molecule has 0 atom stereocenters. The summed E-state index contributed by atoms with van der Waals surface area (Å²) in [6, 6.07) is 7.06. The third-order valence-electron chi connectivity index (χ3n) is 4.92. The Hall–Kier alpha value is -3.34. The number of nitrogens with two attached hydrogens (primary N) is 1. The van der Waals surface area contributed by atoms with Gasteiger partial charge < -0.3 is 10.5 Å². The minimum Gasteiger partial charge on any atom is -0.435 e. The maximum absolute atomic E-state index is 14.7. The normalized spacial score (nSPS) is 14.1. The maximum Gasteiger partial charge on any atom is 0.233 e. The molecule has 0 amide bonds. The van der Waals surface area contributed by atoms with Crippen LogP contribution >= 0.6 is 0 Å². The van der Waals surface area contributed by atoms with E-state index in [0.717, 1.165) is 31.4 Å². The van der Waals surface area contributed by atoms with Crippen LogP contribution in [0.1, 0.15) is 19.3 Å². The number of rotatable bonds is 7. The summed E-state index contributed by atoms with van der Waals surface area (Å²) < 4.78 is 61.2. The fourth-order valence-electron chi connectivity index (χ4n) is 3.16. The second kappa shape index (κ2) is 8.42. The average molecular weight is 447 g/mol. The van der Waals surface area contributed by atoms with Crippen molar-refractivity contribution in [2.45, 2.75) is 19.3 Å². The quantitative estimate of drug-likeness (QED) is 0.566. The molecule has 1 aliphatic rings. The SMILES string of the molecule is Nc1nccc(-c2cccnc2Oc2ccc(NS(=O)(=O)CC3CCC3)c(F)c2F)n1. The maximum atomic E-state index is 14.7. The molecule has 0 spiro atoms. The van der Waals surface area contributed by atoms with Crippen molar-refractivity contribution < 1.29 is 21.9 Å². The minimum absolute atomic E-state index is 0.0304. The van der Waals surface area contributed by atoms with Crippen LogP contribution in [0.25, 0.3) is 11.3 Å². The Morgan fingerprint density at radius 1 is 1.10 bits per heavy atom. The van der Waals surface area contributed by atoms with Crippen LogP contribution in [0.15, 0.2) is 42.7 Å². The van der Waals surface area contributed by atoms with Gasteiger partial charge in [0.15, 0.2) is 11.6 Å². The van der Waals surface area contributed by atoms with E-state index in [-0.39, 0.29) is 23.5 Å². The van der Waals surface area contributed by atoms with Gasteiger partial charge in [-0.1, -0.05) is 6.42 Å². The van der Waals surface area contributed by atoms with Gasteiger partial charge in [-0.2, -0.15) is 4.39 Å². The fourth-order valence-corrected chi connectivity index (χ4v) is 4.69. The van der Waals surface area contributed by atoms with Gasteiger partial charge in [0.25, 0.3) is 0 Å². The topological polar surface area (TPSA) is 120 Å². The van der Waals surface area contributed by atoms with E-state index in [2.05, 4.69) is 19.7 Å². The lowest BCUT2D eigenvalue weighted by molar-refractivity contribution is 0.347. The van der Waals surface area contributed by atoms with Crippen LogP contribution < -0.4 is 15.2 Å². The van der Waals surface area contributed by atoms with Crippen molar-refractivity contribution in [1.82, 2.24) is 15.0 Å². The number of nitrogens with one attached hydrogen (secondary N) is 1. The predicted octanol–water partition coefficient (Wildman–Crippen LogP) is 3.73. The molecule has 11 heteroatoms. The van der Waals surface area contributed by atoms with Gasteiger partial charge in [0.2, 0.25) is 27.7 Å². The number of hydrogen-bond acceptors (Lipinski definition) is 7. The summed E-state index contributed by atoms with van der Waals surface area (Å²) >= 11 is 0. The van der Waals surface area contributed by atoms with Crippen LogP contribution in [0.2, 0.25) is 0 Å². The number of pyridine rings is 1. The van der Waals surface area contributed by atoms with Crippen molar-refractivity contribution in [1.29, 1.82) is 0 Å². The highest BCUT2D eigenvalue weighted by atomic mass is 32.2. The van der Waals surface area contributed by atoms with Crippen LogP contribution in [0, 0.1) is 17.6 Å². The van der Waals surface area contributed by atoms with Gasteiger partial charge >= 0.3 is 0 Å². The molecule has 1 aromatic carbocycles. The van der Waals surface area contributed by atoms with Gasteiger partial charge in [-0.3, -0.25) is 4.72 Å². The molecule has 0 radical (unpaired) electrons. The van der Waals surface area contributed by atoms with Crippen LogP contribution in [0.3, 0.4) is 0 Å². The van der Waals surface area contributed by atoms with Crippen molar-refractivity contribution in [3.8, 4) is 22.9 Å². The molecule has 0 bridgehead atoms. The summed E-state index contributed by atoms with van der Waals surface area (Å²) in [6.45, 7) is 0. The van der Waals surface area contributed by atoms with E-state index in [0.29, 0.717) is 11.3 Å². The highest BCUT2D eigenvalue weighted by molar-refractivity contribution is 7.92. The second-order valence-corrected chi connectivity index (χ2v) is 8.94. The van der Waals surface area contributed by atoms with Crippen molar-refractivity contribution in [2.75, 3.05) is 16.2 Å². The molecule has 2 heterocycles. The van der Waals surface area contributed by atoms with E-state index in [1.807, 2.05) is 0 Å². The average Bonchev–Trinajstić information content (AvgIpc) is 2.71. The van der Waals surface area contributed by atoms with E-state index in [9.17, 15) is 17.2 Å². The smallest absolute Gasteiger partial charge is 0.233 e. The van der Waals surface area contributed by atoms with Gasteiger partial charge in [-0.25, -0.2) is 27.8 Å². The molecule has 31 heavy (non-hydrogen) atoms. The lowest BCUT2D eigenvalue weighted by Gasteiger charge is -2.25. The van der Waals surface area contributed by atoms with E-state index >= 15 is 0 Å². The number of anilines is 2. The first kappa shape index (κ1) is 20.9. The predicted molar refractivity (Wildman–Crippen MR) is 111 cm³/mol.